The van der Waals surface area contributed by atoms with E-state index in [4.69, 9.17) is 5.11 Å². The Balaban J connectivity index is 1.96. The number of hydrogen-bond acceptors (Lipinski definition) is 4. The van der Waals surface area contributed by atoms with Crippen LogP contribution >= 0.6 is 0 Å². The van der Waals surface area contributed by atoms with Gasteiger partial charge in [0.15, 0.2) is 5.82 Å². The monoisotopic (exact) mass is 337 g/mol. The first kappa shape index (κ1) is 18.7. The van der Waals surface area contributed by atoms with Crippen molar-refractivity contribution in [3.8, 4) is 0 Å². The van der Waals surface area contributed by atoms with Crippen LogP contribution in [0.5, 0.6) is 0 Å². The van der Waals surface area contributed by atoms with Crippen LogP contribution in [0.3, 0.4) is 0 Å². The normalized spacial score (nSPS) is 14.8. The lowest BCUT2D eigenvalue weighted by Gasteiger charge is -2.30. The summed E-state index contributed by atoms with van der Waals surface area (Å²) < 4.78 is 2.15. The fraction of sp³-hybridized carbons (Fsp3) is 0.824. The number of carbonyl (C=O) groups excluding carboxylic acids is 1. The van der Waals surface area contributed by atoms with E-state index in [9.17, 15) is 4.79 Å². The lowest BCUT2D eigenvalue weighted by atomic mass is 9.96. The lowest BCUT2D eigenvalue weighted by molar-refractivity contribution is 0.164. The van der Waals surface area contributed by atoms with Crippen LogP contribution in [0.2, 0.25) is 0 Å². The van der Waals surface area contributed by atoms with Gasteiger partial charge in [-0.3, -0.25) is 0 Å². The van der Waals surface area contributed by atoms with Crippen LogP contribution in [0.25, 0.3) is 0 Å². The van der Waals surface area contributed by atoms with E-state index in [0.717, 1.165) is 37.5 Å². The van der Waals surface area contributed by atoms with Crippen molar-refractivity contribution in [2.75, 3.05) is 19.7 Å². The van der Waals surface area contributed by atoms with Gasteiger partial charge in [0.2, 0.25) is 0 Å². The first-order chi connectivity index (χ1) is 11.4. The Labute approximate surface area is 144 Å². The molecular weight excluding hydrogens is 306 g/mol. The number of hydrogen-bond donors (Lipinski definition) is 2. The maximum Gasteiger partial charge on any atom is 0.317 e. The van der Waals surface area contributed by atoms with E-state index in [0.29, 0.717) is 26.1 Å². The van der Waals surface area contributed by atoms with Crippen LogP contribution in [0, 0.1) is 5.41 Å². The molecule has 0 aromatic carbocycles. The Morgan fingerprint density at radius 3 is 2.79 bits per heavy atom. The fourth-order valence-electron chi connectivity index (χ4n) is 3.03. The third kappa shape index (κ3) is 5.47. The Hall–Kier alpha value is -1.63. The van der Waals surface area contributed by atoms with Crippen molar-refractivity contribution >= 4 is 6.03 Å². The predicted octanol–water partition coefficient (Wildman–Crippen LogP) is 1.94. The summed E-state index contributed by atoms with van der Waals surface area (Å²) in [5.41, 5.74) is 0.0126. The van der Waals surface area contributed by atoms with Crippen LogP contribution in [-0.2, 0) is 19.5 Å². The molecule has 1 aromatic rings. The van der Waals surface area contributed by atoms with Gasteiger partial charge in [0.1, 0.15) is 5.82 Å². The summed E-state index contributed by atoms with van der Waals surface area (Å²) in [5, 5.41) is 20.5. The Bertz CT molecular complexity index is 536. The second-order valence-corrected chi connectivity index (χ2v) is 7.71. The van der Waals surface area contributed by atoms with E-state index >= 15 is 0 Å². The van der Waals surface area contributed by atoms with Crippen molar-refractivity contribution in [1.29, 1.82) is 0 Å². The van der Waals surface area contributed by atoms with Gasteiger partial charge < -0.3 is 19.9 Å². The first-order valence-electron chi connectivity index (χ1n) is 8.95. The highest BCUT2D eigenvalue weighted by Gasteiger charge is 2.21. The molecule has 2 rings (SSSR count). The lowest BCUT2D eigenvalue weighted by Crippen LogP contribution is -2.44. The van der Waals surface area contributed by atoms with Crippen molar-refractivity contribution in [3.05, 3.63) is 11.6 Å². The third-order valence-corrected chi connectivity index (χ3v) is 4.12. The summed E-state index contributed by atoms with van der Waals surface area (Å²) in [6, 6.07) is -0.107. The second-order valence-electron chi connectivity index (χ2n) is 7.71. The highest BCUT2D eigenvalue weighted by atomic mass is 16.3. The van der Waals surface area contributed by atoms with Crippen LogP contribution in [-0.4, -0.2) is 50.5 Å². The topological polar surface area (TPSA) is 83.3 Å². The molecule has 0 unspecified atom stereocenters. The molecule has 0 saturated carbocycles. The molecule has 1 aromatic heterocycles. The number of aliphatic hydroxyl groups is 1. The van der Waals surface area contributed by atoms with Gasteiger partial charge in [-0.2, -0.15) is 0 Å². The van der Waals surface area contributed by atoms with Crippen LogP contribution in [0.15, 0.2) is 0 Å². The highest BCUT2D eigenvalue weighted by Crippen LogP contribution is 2.16. The van der Waals surface area contributed by atoms with E-state index in [2.05, 4.69) is 40.9 Å². The van der Waals surface area contributed by atoms with E-state index in [1.165, 1.54) is 6.42 Å². The molecule has 0 bridgehead atoms. The van der Waals surface area contributed by atoms with Crippen molar-refractivity contribution in [1.82, 2.24) is 25.0 Å². The molecule has 0 aliphatic carbocycles. The zero-order valence-electron chi connectivity index (χ0n) is 15.2. The second kappa shape index (κ2) is 8.46. The van der Waals surface area contributed by atoms with Crippen molar-refractivity contribution in [2.45, 2.75) is 66.0 Å². The molecule has 2 N–H and O–H groups in total. The number of aromatic nitrogens is 3. The molecule has 0 spiro atoms. The smallest absolute Gasteiger partial charge is 0.317 e. The maximum atomic E-state index is 12.5. The van der Waals surface area contributed by atoms with Crippen LogP contribution in [0.4, 0.5) is 4.79 Å². The van der Waals surface area contributed by atoms with Gasteiger partial charge in [0.25, 0.3) is 0 Å². The highest BCUT2D eigenvalue weighted by molar-refractivity contribution is 5.74. The molecule has 1 aliphatic heterocycles. The van der Waals surface area contributed by atoms with E-state index in [1.54, 1.807) is 4.90 Å². The molecular formula is C17H31N5O2. The number of nitrogens with one attached hydrogen (secondary N) is 1. The van der Waals surface area contributed by atoms with Gasteiger partial charge in [0.05, 0.1) is 6.54 Å². The molecule has 136 valence electrons. The predicted molar refractivity (Wildman–Crippen MR) is 92.5 cm³/mol. The molecule has 0 radical (unpaired) electrons. The van der Waals surface area contributed by atoms with Crippen LogP contribution in [0.1, 0.15) is 58.1 Å². The van der Waals surface area contributed by atoms with E-state index < -0.39 is 0 Å². The van der Waals surface area contributed by atoms with Gasteiger partial charge in [0, 0.05) is 32.7 Å². The summed E-state index contributed by atoms with van der Waals surface area (Å²) in [6.07, 6.45) is 5.07. The van der Waals surface area contributed by atoms with Crippen molar-refractivity contribution in [2.24, 2.45) is 5.41 Å². The number of aryl methyl sites for hydroxylation is 1. The minimum atomic E-state index is -0.107. The molecule has 2 heterocycles. The standard InChI is InChI=1S/C17H31N5O2/c1-17(2,3)13-21(9-7-11-23)16(24)18-12-15-20-19-14-8-5-4-6-10-22(14)15/h23H,4-13H2,1-3H3,(H,18,24). The molecule has 24 heavy (non-hydrogen) atoms. The number of urea groups is 1. The van der Waals surface area contributed by atoms with Crippen LogP contribution < -0.4 is 5.32 Å². The molecule has 0 fully saturated rings. The quantitative estimate of drug-likeness (QED) is 0.831. The third-order valence-electron chi connectivity index (χ3n) is 4.12. The van der Waals surface area contributed by atoms with E-state index in [1.807, 2.05) is 0 Å². The number of nitrogens with zero attached hydrogens (tertiary/aromatic N) is 4. The minimum Gasteiger partial charge on any atom is -0.396 e. The molecule has 2 amide bonds. The van der Waals surface area contributed by atoms with Crippen molar-refractivity contribution < 1.29 is 9.90 Å². The SMILES string of the molecule is CC(C)(C)CN(CCCO)C(=O)NCc1nnc2n1CCCCC2. The molecule has 7 heteroatoms. The zero-order chi connectivity index (χ0) is 17.6. The van der Waals surface area contributed by atoms with Gasteiger partial charge in [-0.1, -0.05) is 27.2 Å². The summed E-state index contributed by atoms with van der Waals surface area (Å²) >= 11 is 0. The number of aliphatic hydroxyl groups excluding tert-OH is 1. The molecule has 1 aliphatic rings. The number of rotatable bonds is 6. The Kier molecular flexibility index (Phi) is 6.60. The summed E-state index contributed by atoms with van der Waals surface area (Å²) in [5.74, 6) is 1.86. The van der Waals surface area contributed by atoms with Gasteiger partial charge in [-0.15, -0.1) is 10.2 Å². The largest absolute Gasteiger partial charge is 0.396 e. The van der Waals surface area contributed by atoms with E-state index in [-0.39, 0.29) is 18.1 Å². The molecule has 0 saturated heterocycles. The van der Waals surface area contributed by atoms with Crippen molar-refractivity contribution in [3.63, 3.8) is 0 Å². The van der Waals surface area contributed by atoms with Gasteiger partial charge in [-0.25, -0.2) is 4.79 Å². The maximum absolute atomic E-state index is 12.5. The number of carbonyl (C=O) groups is 1. The first-order valence-corrected chi connectivity index (χ1v) is 8.95. The average Bonchev–Trinajstić information content (AvgIpc) is 2.75. The van der Waals surface area contributed by atoms with Gasteiger partial charge in [-0.05, 0) is 24.7 Å². The Morgan fingerprint density at radius 2 is 2.08 bits per heavy atom. The molecule has 7 nitrogen and oxygen atoms in total. The average molecular weight is 337 g/mol. The number of fused-ring (bicyclic) bond motifs is 1. The molecule has 0 atom stereocenters. The summed E-state index contributed by atoms with van der Waals surface area (Å²) in [7, 11) is 0. The summed E-state index contributed by atoms with van der Waals surface area (Å²) in [4.78, 5) is 14.3. The Morgan fingerprint density at radius 1 is 1.29 bits per heavy atom. The summed E-state index contributed by atoms with van der Waals surface area (Å²) in [6.45, 7) is 8.93. The minimum absolute atomic E-state index is 0.0126. The number of amides is 2. The zero-order valence-corrected chi connectivity index (χ0v) is 15.2. The van der Waals surface area contributed by atoms with Gasteiger partial charge >= 0.3 is 6.03 Å². The fourth-order valence-corrected chi connectivity index (χ4v) is 3.03.